The summed E-state index contributed by atoms with van der Waals surface area (Å²) in [4.78, 5) is 29.4. The van der Waals surface area contributed by atoms with Gasteiger partial charge in [0.25, 0.3) is 0 Å². The number of aryl methyl sites for hydroxylation is 2. The van der Waals surface area contributed by atoms with Crippen LogP contribution in [-0.2, 0) is 11.2 Å². The largest absolute Gasteiger partial charge is 0.454 e. The van der Waals surface area contributed by atoms with Gasteiger partial charge in [0, 0.05) is 16.6 Å². The fourth-order valence-corrected chi connectivity index (χ4v) is 2.81. The number of hydrogen-bond donors (Lipinski definition) is 0. The predicted molar refractivity (Wildman–Crippen MR) is 102 cm³/mol. The first-order valence-corrected chi connectivity index (χ1v) is 8.74. The minimum absolute atomic E-state index is 0.217. The van der Waals surface area contributed by atoms with E-state index in [1.165, 1.54) is 0 Å². The molecule has 0 N–H and O–H groups in total. The molecule has 1 aromatic heterocycles. The first-order valence-electron chi connectivity index (χ1n) is 8.74. The van der Waals surface area contributed by atoms with E-state index in [4.69, 9.17) is 4.74 Å². The summed E-state index contributed by atoms with van der Waals surface area (Å²) in [6.45, 7) is 3.74. The Hall–Kier alpha value is -3.01. The Morgan fingerprint density at radius 2 is 1.77 bits per heavy atom. The van der Waals surface area contributed by atoms with Crippen molar-refractivity contribution in [1.29, 1.82) is 0 Å². The van der Waals surface area contributed by atoms with Crippen LogP contribution in [0.25, 0.3) is 10.9 Å². The van der Waals surface area contributed by atoms with Crippen LogP contribution in [0, 0.1) is 6.92 Å². The molecule has 0 radical (unpaired) electrons. The standard InChI is InChI=1S/C22H21NO3/c1-3-6-17-13-19(18-7-4-5-8-20(18)23-17)22(25)26-14-21(24)16-11-9-15(2)10-12-16/h4-5,7-13H,3,6,14H2,1-2H3. The number of para-hydroxylation sites is 1. The van der Waals surface area contributed by atoms with Crippen molar-refractivity contribution >= 4 is 22.7 Å². The minimum Gasteiger partial charge on any atom is -0.454 e. The zero-order valence-electron chi connectivity index (χ0n) is 15.0. The Morgan fingerprint density at radius 1 is 1.04 bits per heavy atom. The minimum atomic E-state index is -0.499. The van der Waals surface area contributed by atoms with Crippen LogP contribution in [0.4, 0.5) is 0 Å². The maximum atomic E-state index is 12.6. The van der Waals surface area contributed by atoms with Crippen LogP contribution in [0.3, 0.4) is 0 Å². The molecule has 0 aliphatic carbocycles. The lowest BCUT2D eigenvalue weighted by Gasteiger charge is -2.09. The fourth-order valence-electron chi connectivity index (χ4n) is 2.81. The molecule has 0 saturated carbocycles. The summed E-state index contributed by atoms with van der Waals surface area (Å²) >= 11 is 0. The van der Waals surface area contributed by atoms with Gasteiger partial charge in [0.1, 0.15) is 0 Å². The normalized spacial score (nSPS) is 10.7. The summed E-state index contributed by atoms with van der Waals surface area (Å²) in [7, 11) is 0. The Kier molecular flexibility index (Phi) is 5.42. The van der Waals surface area contributed by atoms with Crippen molar-refractivity contribution in [1.82, 2.24) is 4.98 Å². The molecule has 132 valence electrons. The second-order valence-corrected chi connectivity index (χ2v) is 6.29. The number of Topliss-reactive ketones (excluding diaryl/α,β-unsaturated/α-hetero) is 1. The number of ketones is 1. The number of benzene rings is 2. The summed E-state index contributed by atoms with van der Waals surface area (Å²) in [6.07, 6.45) is 1.72. The number of ether oxygens (including phenoxy) is 1. The highest BCUT2D eigenvalue weighted by Crippen LogP contribution is 2.20. The van der Waals surface area contributed by atoms with Gasteiger partial charge in [-0.3, -0.25) is 9.78 Å². The predicted octanol–water partition coefficient (Wildman–Crippen LogP) is 4.54. The molecule has 0 unspecified atom stereocenters. The molecule has 2 aromatic carbocycles. The molecule has 0 amide bonds. The third-order valence-electron chi connectivity index (χ3n) is 4.20. The number of aromatic nitrogens is 1. The second-order valence-electron chi connectivity index (χ2n) is 6.29. The van der Waals surface area contributed by atoms with Gasteiger partial charge in [0.2, 0.25) is 0 Å². The maximum Gasteiger partial charge on any atom is 0.339 e. The Balaban J connectivity index is 1.80. The Morgan fingerprint density at radius 3 is 2.50 bits per heavy atom. The van der Waals surface area contributed by atoms with Crippen molar-refractivity contribution in [2.45, 2.75) is 26.7 Å². The molecule has 0 aliphatic heterocycles. The zero-order valence-corrected chi connectivity index (χ0v) is 15.0. The van der Waals surface area contributed by atoms with E-state index in [-0.39, 0.29) is 12.4 Å². The lowest BCUT2D eigenvalue weighted by molar-refractivity contribution is 0.0476. The molecular weight excluding hydrogens is 326 g/mol. The smallest absolute Gasteiger partial charge is 0.339 e. The fraction of sp³-hybridized carbons (Fsp3) is 0.227. The van der Waals surface area contributed by atoms with E-state index in [0.717, 1.165) is 35.0 Å². The van der Waals surface area contributed by atoms with E-state index < -0.39 is 5.97 Å². The third kappa shape index (κ3) is 3.97. The number of esters is 1. The molecule has 0 saturated heterocycles. The average molecular weight is 347 g/mol. The summed E-state index contributed by atoms with van der Waals surface area (Å²) in [6, 6.07) is 16.5. The van der Waals surface area contributed by atoms with Gasteiger partial charge in [-0.1, -0.05) is 61.4 Å². The van der Waals surface area contributed by atoms with Gasteiger partial charge in [-0.15, -0.1) is 0 Å². The van der Waals surface area contributed by atoms with E-state index >= 15 is 0 Å². The summed E-state index contributed by atoms with van der Waals surface area (Å²) < 4.78 is 5.30. The molecule has 4 nitrogen and oxygen atoms in total. The van der Waals surface area contributed by atoms with Gasteiger partial charge >= 0.3 is 5.97 Å². The number of nitrogens with zero attached hydrogens (tertiary/aromatic N) is 1. The van der Waals surface area contributed by atoms with Crippen LogP contribution >= 0.6 is 0 Å². The van der Waals surface area contributed by atoms with Crippen molar-refractivity contribution in [3.05, 3.63) is 77.0 Å². The molecule has 0 fully saturated rings. The number of carbonyl (C=O) groups excluding carboxylic acids is 2. The van der Waals surface area contributed by atoms with Crippen molar-refractivity contribution in [2.24, 2.45) is 0 Å². The van der Waals surface area contributed by atoms with Gasteiger partial charge in [0.05, 0.1) is 11.1 Å². The lowest BCUT2D eigenvalue weighted by atomic mass is 10.1. The average Bonchev–Trinajstić information content (AvgIpc) is 2.66. The van der Waals surface area contributed by atoms with Crippen LogP contribution in [0.1, 0.15) is 45.3 Å². The van der Waals surface area contributed by atoms with E-state index in [1.807, 2.05) is 43.3 Å². The summed E-state index contributed by atoms with van der Waals surface area (Å²) in [5, 5.41) is 0.736. The number of carbonyl (C=O) groups is 2. The van der Waals surface area contributed by atoms with Crippen LogP contribution < -0.4 is 0 Å². The highest BCUT2D eigenvalue weighted by molar-refractivity contribution is 6.05. The molecule has 26 heavy (non-hydrogen) atoms. The van der Waals surface area contributed by atoms with E-state index in [0.29, 0.717) is 11.1 Å². The van der Waals surface area contributed by atoms with Gasteiger partial charge in [-0.25, -0.2) is 4.79 Å². The number of hydrogen-bond acceptors (Lipinski definition) is 4. The molecule has 0 atom stereocenters. The SMILES string of the molecule is CCCc1cc(C(=O)OCC(=O)c2ccc(C)cc2)c2ccccc2n1. The van der Waals surface area contributed by atoms with Crippen LogP contribution in [0.5, 0.6) is 0 Å². The Bertz CT molecular complexity index is 945. The molecule has 3 rings (SSSR count). The highest BCUT2D eigenvalue weighted by Gasteiger charge is 2.16. The van der Waals surface area contributed by atoms with Crippen molar-refractivity contribution < 1.29 is 14.3 Å². The van der Waals surface area contributed by atoms with Gasteiger partial charge in [0.15, 0.2) is 12.4 Å². The lowest BCUT2D eigenvalue weighted by Crippen LogP contribution is -2.15. The molecule has 3 aromatic rings. The molecule has 1 heterocycles. The first kappa shape index (κ1) is 17.8. The van der Waals surface area contributed by atoms with Crippen LogP contribution in [0.15, 0.2) is 54.6 Å². The quantitative estimate of drug-likeness (QED) is 0.485. The van der Waals surface area contributed by atoms with Crippen molar-refractivity contribution in [2.75, 3.05) is 6.61 Å². The molecular formula is C22H21NO3. The van der Waals surface area contributed by atoms with Crippen LogP contribution in [0.2, 0.25) is 0 Å². The van der Waals surface area contributed by atoms with E-state index in [1.54, 1.807) is 18.2 Å². The summed E-state index contributed by atoms with van der Waals surface area (Å²) in [5.41, 5.74) is 3.67. The Labute approximate surface area is 152 Å². The number of pyridine rings is 1. The topological polar surface area (TPSA) is 56.3 Å². The summed E-state index contributed by atoms with van der Waals surface area (Å²) in [5.74, 6) is -0.716. The van der Waals surface area contributed by atoms with Gasteiger partial charge in [-0.2, -0.15) is 0 Å². The van der Waals surface area contributed by atoms with Crippen molar-refractivity contribution in [3.63, 3.8) is 0 Å². The monoisotopic (exact) mass is 347 g/mol. The first-order chi connectivity index (χ1) is 12.6. The maximum absolute atomic E-state index is 12.6. The number of rotatable bonds is 6. The van der Waals surface area contributed by atoms with Crippen molar-refractivity contribution in [3.8, 4) is 0 Å². The zero-order chi connectivity index (χ0) is 18.5. The van der Waals surface area contributed by atoms with Crippen LogP contribution in [-0.4, -0.2) is 23.3 Å². The number of fused-ring (bicyclic) bond motifs is 1. The van der Waals surface area contributed by atoms with Gasteiger partial charge < -0.3 is 4.74 Å². The second kappa shape index (κ2) is 7.91. The van der Waals surface area contributed by atoms with E-state index in [9.17, 15) is 9.59 Å². The highest BCUT2D eigenvalue weighted by atomic mass is 16.5. The molecule has 0 bridgehead atoms. The molecule has 4 heteroatoms. The third-order valence-corrected chi connectivity index (χ3v) is 4.20. The molecule has 0 spiro atoms. The van der Waals surface area contributed by atoms with E-state index in [2.05, 4.69) is 11.9 Å². The molecule has 0 aliphatic rings. The van der Waals surface area contributed by atoms with Gasteiger partial charge in [-0.05, 0) is 25.5 Å².